The third-order valence-electron chi connectivity index (χ3n) is 8.06. The fourth-order valence-corrected chi connectivity index (χ4v) is 5.77. The lowest BCUT2D eigenvalue weighted by molar-refractivity contribution is 0.111. The van der Waals surface area contributed by atoms with Crippen LogP contribution in [0.1, 0.15) is 22.5 Å². The molecule has 51 heavy (non-hydrogen) atoms. The number of anilines is 1. The Balaban J connectivity index is 0.000000219. The first kappa shape index (κ1) is 34.6. The molecule has 13 nitrogen and oxygen atoms in total. The highest BCUT2D eigenvalue weighted by Gasteiger charge is 2.17. The number of phenols is 1. The molecular formula is C37H36ClN9O4. The van der Waals surface area contributed by atoms with Crippen molar-refractivity contribution in [3.8, 4) is 28.4 Å². The Morgan fingerprint density at radius 2 is 1.73 bits per heavy atom. The Labute approximate surface area is 298 Å². The van der Waals surface area contributed by atoms with Gasteiger partial charge in [0.1, 0.15) is 41.6 Å². The van der Waals surface area contributed by atoms with Gasteiger partial charge in [-0.1, -0.05) is 35.9 Å². The molecule has 0 fully saturated rings. The van der Waals surface area contributed by atoms with Gasteiger partial charge in [0, 0.05) is 84.8 Å². The van der Waals surface area contributed by atoms with E-state index in [9.17, 15) is 9.90 Å². The SMILES string of the molecule is Cc1cc(-c2ccnn2C)c2cccc(OCc3c(COC(=O)N(C)C)cnc(N)c3Cl)c2n1.Cc1cc(-n2ccnc2)c2cccc(O)c2n1. The van der Waals surface area contributed by atoms with Crippen LogP contribution in [-0.2, 0) is 25.0 Å². The maximum Gasteiger partial charge on any atom is 0.409 e. The third kappa shape index (κ3) is 7.38. The molecule has 2 aromatic carbocycles. The molecular weight excluding hydrogens is 670 g/mol. The number of phenolic OH excluding ortho intramolecular Hbond substituents is 1. The number of aryl methyl sites for hydroxylation is 3. The molecule has 5 heterocycles. The van der Waals surface area contributed by atoms with Gasteiger partial charge in [-0.05, 0) is 44.2 Å². The summed E-state index contributed by atoms with van der Waals surface area (Å²) in [4.78, 5) is 30.4. The second-order valence-corrected chi connectivity index (χ2v) is 12.3. The van der Waals surface area contributed by atoms with Gasteiger partial charge in [0.15, 0.2) is 0 Å². The van der Waals surface area contributed by atoms with E-state index in [-0.39, 0.29) is 29.8 Å². The van der Waals surface area contributed by atoms with E-state index in [1.165, 1.54) is 11.1 Å². The Kier molecular flexibility index (Phi) is 10.0. The molecule has 0 saturated heterocycles. The average molecular weight is 706 g/mol. The Morgan fingerprint density at radius 3 is 2.45 bits per heavy atom. The van der Waals surface area contributed by atoms with Crippen LogP contribution >= 0.6 is 11.6 Å². The lowest BCUT2D eigenvalue weighted by atomic mass is 10.0. The van der Waals surface area contributed by atoms with Crippen LogP contribution < -0.4 is 10.5 Å². The van der Waals surface area contributed by atoms with Gasteiger partial charge in [0.25, 0.3) is 0 Å². The van der Waals surface area contributed by atoms with Crippen LogP contribution in [-0.4, -0.2) is 64.5 Å². The zero-order valence-electron chi connectivity index (χ0n) is 28.7. The number of aromatic hydroxyl groups is 1. The number of rotatable bonds is 7. The number of carbonyl (C=O) groups is 1. The number of imidazole rings is 1. The maximum absolute atomic E-state index is 11.9. The number of hydrogen-bond acceptors (Lipinski definition) is 10. The lowest BCUT2D eigenvalue weighted by Crippen LogP contribution is -2.23. The summed E-state index contributed by atoms with van der Waals surface area (Å²) < 4.78 is 15.2. The van der Waals surface area contributed by atoms with Crippen LogP contribution in [0.15, 0.2) is 85.7 Å². The van der Waals surface area contributed by atoms with E-state index in [1.807, 2.05) is 84.9 Å². The first-order chi connectivity index (χ1) is 24.5. The smallest absolute Gasteiger partial charge is 0.409 e. The number of fused-ring (bicyclic) bond motifs is 2. The first-order valence-electron chi connectivity index (χ1n) is 15.9. The summed E-state index contributed by atoms with van der Waals surface area (Å²) in [7, 11) is 5.11. The summed E-state index contributed by atoms with van der Waals surface area (Å²) in [5, 5.41) is 16.2. The molecule has 0 aliphatic rings. The summed E-state index contributed by atoms with van der Waals surface area (Å²) >= 11 is 6.45. The zero-order chi connectivity index (χ0) is 36.2. The maximum atomic E-state index is 11.9. The number of aromatic nitrogens is 7. The molecule has 0 spiro atoms. The van der Waals surface area contributed by atoms with Gasteiger partial charge < -0.3 is 29.8 Å². The third-order valence-corrected chi connectivity index (χ3v) is 8.48. The molecule has 7 aromatic rings. The number of hydrogen-bond donors (Lipinski definition) is 2. The largest absolute Gasteiger partial charge is 0.506 e. The average Bonchev–Trinajstić information content (AvgIpc) is 3.80. The summed E-state index contributed by atoms with van der Waals surface area (Å²) in [6.45, 7) is 3.93. The number of pyridine rings is 3. The van der Waals surface area contributed by atoms with Gasteiger partial charge in [-0.15, -0.1) is 0 Å². The minimum absolute atomic E-state index is 0.0137. The number of halogens is 1. The molecule has 0 aliphatic heterocycles. The summed E-state index contributed by atoms with van der Waals surface area (Å²) in [5.74, 6) is 0.966. The Bertz CT molecular complexity index is 2360. The van der Waals surface area contributed by atoms with E-state index in [1.54, 1.807) is 38.9 Å². The number of benzene rings is 2. The minimum Gasteiger partial charge on any atom is -0.506 e. The molecule has 7 rings (SSSR count). The Morgan fingerprint density at radius 1 is 0.980 bits per heavy atom. The fraction of sp³-hybridized carbons (Fsp3) is 0.189. The van der Waals surface area contributed by atoms with E-state index in [2.05, 4.69) is 20.1 Å². The van der Waals surface area contributed by atoms with Crippen LogP contribution in [0.4, 0.5) is 10.6 Å². The van der Waals surface area contributed by atoms with Gasteiger partial charge in [-0.3, -0.25) is 4.68 Å². The lowest BCUT2D eigenvalue weighted by Gasteiger charge is -2.17. The van der Waals surface area contributed by atoms with E-state index in [0.717, 1.165) is 44.6 Å². The minimum atomic E-state index is -0.476. The second kappa shape index (κ2) is 14.7. The van der Waals surface area contributed by atoms with Crippen molar-refractivity contribution < 1.29 is 19.4 Å². The van der Waals surface area contributed by atoms with Crippen molar-refractivity contribution in [2.45, 2.75) is 27.1 Å². The molecule has 14 heteroatoms. The van der Waals surface area contributed by atoms with Crippen LogP contribution in [0.5, 0.6) is 11.5 Å². The van der Waals surface area contributed by atoms with Gasteiger partial charge in [0.2, 0.25) is 0 Å². The van der Waals surface area contributed by atoms with Crippen molar-refractivity contribution in [3.63, 3.8) is 0 Å². The molecule has 5 aromatic heterocycles. The number of carbonyl (C=O) groups excluding carboxylic acids is 1. The van der Waals surface area contributed by atoms with E-state index in [4.69, 9.17) is 31.8 Å². The number of para-hydroxylation sites is 2. The number of nitrogens with zero attached hydrogens (tertiary/aromatic N) is 8. The standard InChI is InChI=1S/C24H25ClN6O3.C13H11N3O/c1-14-10-17(19-8-9-28-31(19)4)16-6-5-7-20(22(16)29-14)33-13-18-15(11-27-23(26)21(18)25)12-34-24(32)30(2)3;1-9-7-11(16-6-5-14-8-16)10-3-2-4-12(17)13(10)15-9/h5-11H,12-13H2,1-4H3,(H2,26,27);2-8,17H,1H3. The van der Waals surface area contributed by atoms with Crippen LogP contribution in [0.2, 0.25) is 5.02 Å². The van der Waals surface area contributed by atoms with Crippen LogP contribution in [0.3, 0.4) is 0 Å². The quantitative estimate of drug-likeness (QED) is 0.181. The van der Waals surface area contributed by atoms with Crippen LogP contribution in [0, 0.1) is 13.8 Å². The molecule has 0 aliphatic carbocycles. The molecule has 0 atom stereocenters. The van der Waals surface area contributed by atoms with Crippen molar-refractivity contribution in [1.82, 2.24) is 39.2 Å². The predicted molar refractivity (Wildman–Crippen MR) is 196 cm³/mol. The highest BCUT2D eigenvalue weighted by atomic mass is 35.5. The van der Waals surface area contributed by atoms with Crippen molar-refractivity contribution in [3.05, 3.63) is 113 Å². The Hall–Kier alpha value is -6.21. The molecule has 3 N–H and O–H groups in total. The van der Waals surface area contributed by atoms with Gasteiger partial charge in [-0.25, -0.2) is 24.7 Å². The molecule has 1 amide bonds. The van der Waals surface area contributed by atoms with E-state index < -0.39 is 6.09 Å². The number of nitrogen functional groups attached to an aromatic ring is 1. The van der Waals surface area contributed by atoms with Gasteiger partial charge in [0.05, 0.1) is 22.7 Å². The van der Waals surface area contributed by atoms with Gasteiger partial charge in [-0.2, -0.15) is 5.10 Å². The van der Waals surface area contributed by atoms with Crippen molar-refractivity contribution in [2.75, 3.05) is 19.8 Å². The molecule has 0 saturated carbocycles. The second-order valence-electron chi connectivity index (χ2n) is 11.9. The first-order valence-corrected chi connectivity index (χ1v) is 16.2. The summed E-state index contributed by atoms with van der Waals surface area (Å²) in [6.07, 6.45) is 8.16. The van der Waals surface area contributed by atoms with Gasteiger partial charge >= 0.3 is 6.09 Å². The van der Waals surface area contributed by atoms with Crippen molar-refractivity contribution >= 4 is 45.3 Å². The van der Waals surface area contributed by atoms with Crippen molar-refractivity contribution in [1.29, 1.82) is 0 Å². The molecule has 260 valence electrons. The summed E-state index contributed by atoms with van der Waals surface area (Å²) in [5.41, 5.74) is 13.1. The fourth-order valence-electron chi connectivity index (χ4n) is 5.55. The normalized spacial score (nSPS) is 10.9. The number of ether oxygens (including phenoxy) is 2. The predicted octanol–water partition coefficient (Wildman–Crippen LogP) is 6.79. The monoisotopic (exact) mass is 705 g/mol. The highest BCUT2D eigenvalue weighted by molar-refractivity contribution is 6.33. The summed E-state index contributed by atoms with van der Waals surface area (Å²) in [6, 6.07) is 17.1. The van der Waals surface area contributed by atoms with E-state index >= 15 is 0 Å². The van der Waals surface area contributed by atoms with Crippen LogP contribution in [0.25, 0.3) is 38.8 Å². The number of amides is 1. The molecule has 0 radical (unpaired) electrons. The highest BCUT2D eigenvalue weighted by Crippen LogP contribution is 2.34. The zero-order valence-corrected chi connectivity index (χ0v) is 29.5. The number of nitrogens with two attached hydrogens (primary N) is 1. The van der Waals surface area contributed by atoms with Crippen molar-refractivity contribution in [2.24, 2.45) is 7.05 Å². The van der Waals surface area contributed by atoms with E-state index in [0.29, 0.717) is 22.4 Å². The molecule has 0 bridgehead atoms. The molecule has 0 unspecified atom stereocenters. The topological polar surface area (TPSA) is 159 Å².